The van der Waals surface area contributed by atoms with Crippen LogP contribution in [0.4, 0.5) is 0 Å². The lowest BCUT2D eigenvalue weighted by atomic mass is 10.2. The summed E-state index contributed by atoms with van der Waals surface area (Å²) in [6.45, 7) is 0. The summed E-state index contributed by atoms with van der Waals surface area (Å²) >= 11 is 27.5. The van der Waals surface area contributed by atoms with E-state index in [0.29, 0.717) is 31.2 Å². The van der Waals surface area contributed by atoms with Crippen molar-refractivity contribution >= 4 is 63.6 Å². The molecule has 0 fully saturated rings. The van der Waals surface area contributed by atoms with Crippen molar-refractivity contribution in [2.24, 2.45) is 5.73 Å². The van der Waals surface area contributed by atoms with Crippen molar-refractivity contribution in [2.75, 3.05) is 0 Å². The first-order valence-corrected chi connectivity index (χ1v) is 7.38. The molecule has 2 N–H and O–H groups in total. The highest BCUT2D eigenvalue weighted by Gasteiger charge is 2.06. The van der Waals surface area contributed by atoms with Crippen LogP contribution in [0.15, 0.2) is 36.4 Å². The highest BCUT2D eigenvalue weighted by Crippen LogP contribution is 2.23. The Kier molecular flexibility index (Phi) is 7.24. The van der Waals surface area contributed by atoms with Crippen LogP contribution in [0.25, 0.3) is 0 Å². The minimum absolute atomic E-state index is 0.223. The lowest BCUT2D eigenvalue weighted by molar-refractivity contribution is 1.48. The molecule has 0 saturated carbocycles. The molecule has 0 unspecified atom stereocenters. The minimum atomic E-state index is 0.223. The largest absolute Gasteiger partial charge is 0.389 e. The second-order valence-electron chi connectivity index (χ2n) is 3.67. The van der Waals surface area contributed by atoms with Gasteiger partial charge in [0.15, 0.2) is 0 Å². The highest BCUT2D eigenvalue weighted by atomic mass is 35.5. The molecule has 2 aromatic rings. The van der Waals surface area contributed by atoms with Crippen LogP contribution in [0.2, 0.25) is 20.1 Å². The summed E-state index contributed by atoms with van der Waals surface area (Å²) in [5.74, 6) is 0. The molecule has 0 atom stereocenters. The van der Waals surface area contributed by atoms with E-state index in [1.165, 1.54) is 0 Å². The van der Waals surface area contributed by atoms with Gasteiger partial charge in [-0.25, -0.2) is 0 Å². The fourth-order valence-electron chi connectivity index (χ4n) is 1.34. The zero-order valence-corrected chi connectivity index (χ0v) is 14.2. The van der Waals surface area contributed by atoms with Crippen LogP contribution in [-0.2, 0) is 0 Å². The third-order valence-electron chi connectivity index (χ3n) is 2.28. The van der Waals surface area contributed by atoms with Crippen molar-refractivity contribution in [3.8, 4) is 6.07 Å². The Morgan fingerprint density at radius 3 is 1.52 bits per heavy atom. The standard InChI is InChI=1S/C7H5Cl2NS.C7H3Cl2N/c8-4-2-1-3-5(9)6(4)7(10)11;8-6-2-1-3-7(9)5(6)4-10/h1-3H,(H2,10,11);1-3H. The third kappa shape index (κ3) is 5.03. The second-order valence-corrected chi connectivity index (χ2v) is 5.74. The summed E-state index contributed by atoms with van der Waals surface area (Å²) in [6, 6.07) is 12.0. The monoisotopic (exact) mass is 376 g/mol. The van der Waals surface area contributed by atoms with Gasteiger partial charge in [0.05, 0.1) is 25.7 Å². The van der Waals surface area contributed by atoms with E-state index in [2.05, 4.69) is 0 Å². The molecule has 0 aliphatic heterocycles. The topological polar surface area (TPSA) is 49.8 Å². The summed E-state index contributed by atoms with van der Waals surface area (Å²) in [6.07, 6.45) is 0. The summed E-state index contributed by atoms with van der Waals surface area (Å²) < 4.78 is 0. The van der Waals surface area contributed by atoms with Gasteiger partial charge in [0.2, 0.25) is 0 Å². The summed E-state index contributed by atoms with van der Waals surface area (Å²) in [7, 11) is 0. The van der Waals surface area contributed by atoms with E-state index in [4.69, 9.17) is 69.6 Å². The Morgan fingerprint density at radius 1 is 0.905 bits per heavy atom. The first-order valence-electron chi connectivity index (χ1n) is 5.46. The lowest BCUT2D eigenvalue weighted by Gasteiger charge is -2.02. The molecule has 0 aromatic heterocycles. The number of nitriles is 1. The maximum absolute atomic E-state index is 8.48. The zero-order valence-electron chi connectivity index (χ0n) is 10.4. The average molecular weight is 378 g/mol. The molecule has 0 amide bonds. The highest BCUT2D eigenvalue weighted by molar-refractivity contribution is 7.80. The maximum Gasteiger partial charge on any atom is 0.107 e. The molecule has 2 nitrogen and oxygen atoms in total. The van der Waals surface area contributed by atoms with E-state index in [1.807, 2.05) is 6.07 Å². The maximum atomic E-state index is 8.48. The molecule has 2 rings (SSSR count). The molecular formula is C14H8Cl4N2S. The Hall–Kier alpha value is -1.02. The number of benzene rings is 2. The average Bonchev–Trinajstić information content (AvgIpc) is 2.39. The van der Waals surface area contributed by atoms with Crippen molar-refractivity contribution in [1.29, 1.82) is 5.26 Å². The molecule has 0 heterocycles. The van der Waals surface area contributed by atoms with Crippen molar-refractivity contribution in [3.63, 3.8) is 0 Å². The first-order chi connectivity index (χ1) is 9.88. The molecule has 7 heteroatoms. The Bertz CT molecular complexity index is 670. The normalized spacial score (nSPS) is 9.29. The van der Waals surface area contributed by atoms with Crippen LogP contribution >= 0.6 is 58.6 Å². The number of hydrogen-bond donors (Lipinski definition) is 1. The van der Waals surface area contributed by atoms with Gasteiger partial charge in [0, 0.05) is 5.56 Å². The Balaban J connectivity index is 0.000000211. The molecular weight excluding hydrogens is 370 g/mol. The van der Waals surface area contributed by atoms with Crippen LogP contribution in [0.5, 0.6) is 0 Å². The van der Waals surface area contributed by atoms with Crippen molar-refractivity contribution in [2.45, 2.75) is 0 Å². The Morgan fingerprint density at radius 2 is 1.29 bits per heavy atom. The Labute approximate surface area is 148 Å². The van der Waals surface area contributed by atoms with Gasteiger partial charge in [0.25, 0.3) is 0 Å². The van der Waals surface area contributed by atoms with E-state index in [-0.39, 0.29) is 4.99 Å². The fourth-order valence-corrected chi connectivity index (χ4v) is 2.75. The van der Waals surface area contributed by atoms with Crippen molar-refractivity contribution in [1.82, 2.24) is 0 Å². The molecule has 0 saturated heterocycles. The minimum Gasteiger partial charge on any atom is -0.389 e. The van der Waals surface area contributed by atoms with Gasteiger partial charge in [0.1, 0.15) is 11.1 Å². The predicted molar refractivity (Wildman–Crippen MR) is 93.5 cm³/mol. The van der Waals surface area contributed by atoms with Gasteiger partial charge in [-0.2, -0.15) is 5.26 Å². The van der Waals surface area contributed by atoms with E-state index >= 15 is 0 Å². The summed E-state index contributed by atoms with van der Waals surface area (Å²) in [4.78, 5) is 0.223. The van der Waals surface area contributed by atoms with E-state index in [9.17, 15) is 0 Å². The number of rotatable bonds is 1. The van der Waals surface area contributed by atoms with Gasteiger partial charge in [-0.3, -0.25) is 0 Å². The van der Waals surface area contributed by atoms with Crippen LogP contribution in [0.1, 0.15) is 11.1 Å². The van der Waals surface area contributed by atoms with Crippen molar-refractivity contribution < 1.29 is 0 Å². The fraction of sp³-hybridized carbons (Fsp3) is 0. The number of nitrogens with two attached hydrogens (primary N) is 1. The predicted octanol–water partition coefficient (Wildman–Crippen LogP) is 5.49. The van der Waals surface area contributed by atoms with E-state index in [0.717, 1.165) is 0 Å². The molecule has 0 radical (unpaired) electrons. The zero-order chi connectivity index (χ0) is 16.0. The third-order valence-corrected chi connectivity index (χ3v) is 3.75. The summed E-state index contributed by atoms with van der Waals surface area (Å²) in [5, 5.41) is 10.3. The van der Waals surface area contributed by atoms with Gasteiger partial charge in [-0.05, 0) is 24.3 Å². The number of hydrogen-bond acceptors (Lipinski definition) is 2. The molecule has 21 heavy (non-hydrogen) atoms. The summed E-state index contributed by atoms with van der Waals surface area (Å²) in [5.41, 5.74) is 6.26. The van der Waals surface area contributed by atoms with Crippen LogP contribution in [0, 0.1) is 11.3 Å². The van der Waals surface area contributed by atoms with Gasteiger partial charge >= 0.3 is 0 Å². The molecule has 2 aromatic carbocycles. The first kappa shape index (κ1) is 18.0. The lowest BCUT2D eigenvalue weighted by Crippen LogP contribution is -2.10. The smallest absolute Gasteiger partial charge is 0.107 e. The molecule has 0 bridgehead atoms. The molecule has 0 aliphatic rings. The van der Waals surface area contributed by atoms with Gasteiger partial charge in [-0.15, -0.1) is 0 Å². The molecule has 108 valence electrons. The van der Waals surface area contributed by atoms with E-state index in [1.54, 1.807) is 36.4 Å². The van der Waals surface area contributed by atoms with E-state index < -0.39 is 0 Å². The molecule has 0 spiro atoms. The van der Waals surface area contributed by atoms with Gasteiger partial charge in [-0.1, -0.05) is 70.8 Å². The number of halogens is 4. The van der Waals surface area contributed by atoms with Crippen LogP contribution < -0.4 is 5.73 Å². The quantitative estimate of drug-likeness (QED) is 0.668. The van der Waals surface area contributed by atoms with Gasteiger partial charge < -0.3 is 5.73 Å². The molecule has 0 aliphatic carbocycles. The second kappa shape index (κ2) is 8.43. The number of thiocarbonyl (C=S) groups is 1. The van der Waals surface area contributed by atoms with Crippen LogP contribution in [-0.4, -0.2) is 4.99 Å². The van der Waals surface area contributed by atoms with Crippen LogP contribution in [0.3, 0.4) is 0 Å². The number of nitrogens with zero attached hydrogens (tertiary/aromatic N) is 1. The SMILES string of the molecule is N#Cc1c(Cl)cccc1Cl.NC(=S)c1c(Cl)cccc1Cl. The van der Waals surface area contributed by atoms with Crippen molar-refractivity contribution in [3.05, 3.63) is 67.6 Å².